The number of hydrogen-bond donors (Lipinski definition) is 2. The molecule has 0 bridgehead atoms. The van der Waals surface area contributed by atoms with Gasteiger partial charge in [0.05, 0.1) is 6.54 Å². The molecular weight excluding hydrogens is 128 g/mol. The Morgan fingerprint density at radius 2 is 2.10 bits per heavy atom. The van der Waals surface area contributed by atoms with E-state index in [2.05, 4.69) is 5.11 Å². The molecule has 0 aromatic heterocycles. The van der Waals surface area contributed by atoms with Gasteiger partial charge in [0.2, 0.25) is 0 Å². The molecule has 0 radical (unpaired) electrons. The Morgan fingerprint density at radius 3 is 2.70 bits per heavy atom. The molecule has 0 amide bonds. The summed E-state index contributed by atoms with van der Waals surface area (Å²) in [6.07, 6.45) is 3.47. The maximum atomic E-state index is 8.86. The van der Waals surface area contributed by atoms with E-state index in [9.17, 15) is 0 Å². The summed E-state index contributed by atoms with van der Waals surface area (Å²) in [4.78, 5) is 0. The zero-order chi connectivity index (χ0) is 7.40. The van der Waals surface area contributed by atoms with E-state index in [4.69, 9.17) is 10.6 Å². The first-order valence-corrected chi connectivity index (χ1v) is 3.82. The molecular formula is C7H14N2O. The summed E-state index contributed by atoms with van der Waals surface area (Å²) in [6, 6.07) is 0. The van der Waals surface area contributed by atoms with Gasteiger partial charge in [-0.25, -0.2) is 5.53 Å². The number of nitrogens with zero attached hydrogens (tertiary/aromatic N) is 1. The maximum absolute atomic E-state index is 8.86. The average Bonchev–Trinajstić information content (AvgIpc) is 2.36. The smallest absolute Gasteiger partial charge is 0.0628 e. The predicted molar refractivity (Wildman–Crippen MR) is 37.9 cm³/mol. The second-order valence-corrected chi connectivity index (χ2v) is 2.97. The first-order valence-electron chi connectivity index (χ1n) is 3.82. The third-order valence-electron chi connectivity index (χ3n) is 2.38. The minimum atomic E-state index is 0.278. The topological polar surface area (TPSA) is 56.4 Å². The van der Waals surface area contributed by atoms with Crippen molar-refractivity contribution in [2.24, 2.45) is 17.0 Å². The molecule has 0 spiro atoms. The van der Waals surface area contributed by atoms with Gasteiger partial charge in [0, 0.05) is 6.61 Å². The Bertz CT molecular complexity index is 116. The molecule has 2 unspecified atom stereocenters. The van der Waals surface area contributed by atoms with Crippen molar-refractivity contribution in [1.29, 1.82) is 5.53 Å². The SMILES string of the molecule is N=NCC1CCCC1CO. The van der Waals surface area contributed by atoms with Crippen molar-refractivity contribution < 1.29 is 5.11 Å². The van der Waals surface area contributed by atoms with E-state index in [-0.39, 0.29) is 6.61 Å². The van der Waals surface area contributed by atoms with E-state index in [0.29, 0.717) is 18.4 Å². The van der Waals surface area contributed by atoms with Crippen LogP contribution in [-0.2, 0) is 0 Å². The van der Waals surface area contributed by atoms with Crippen LogP contribution in [0.5, 0.6) is 0 Å². The Hall–Kier alpha value is -0.440. The van der Waals surface area contributed by atoms with Gasteiger partial charge < -0.3 is 5.11 Å². The Morgan fingerprint density at radius 1 is 1.40 bits per heavy atom. The van der Waals surface area contributed by atoms with Crippen LogP contribution < -0.4 is 0 Å². The van der Waals surface area contributed by atoms with E-state index >= 15 is 0 Å². The summed E-state index contributed by atoms with van der Waals surface area (Å²) in [7, 11) is 0. The van der Waals surface area contributed by atoms with Gasteiger partial charge in [0.15, 0.2) is 0 Å². The van der Waals surface area contributed by atoms with Gasteiger partial charge in [0.1, 0.15) is 0 Å². The lowest BCUT2D eigenvalue weighted by Gasteiger charge is -2.12. The fraction of sp³-hybridized carbons (Fsp3) is 1.00. The van der Waals surface area contributed by atoms with Gasteiger partial charge in [0.25, 0.3) is 0 Å². The fourth-order valence-electron chi connectivity index (χ4n) is 1.71. The van der Waals surface area contributed by atoms with Gasteiger partial charge in [-0.3, -0.25) is 0 Å². The number of hydrogen-bond acceptors (Lipinski definition) is 3. The first-order chi connectivity index (χ1) is 4.88. The monoisotopic (exact) mass is 142 g/mol. The Balaban J connectivity index is 2.34. The van der Waals surface area contributed by atoms with Crippen molar-refractivity contribution in [3.8, 4) is 0 Å². The lowest BCUT2D eigenvalue weighted by atomic mass is 9.97. The third kappa shape index (κ3) is 1.53. The summed E-state index contributed by atoms with van der Waals surface area (Å²) in [5, 5.41) is 12.2. The zero-order valence-electron chi connectivity index (χ0n) is 6.08. The Kier molecular flexibility index (Phi) is 2.81. The highest BCUT2D eigenvalue weighted by Crippen LogP contribution is 2.31. The third-order valence-corrected chi connectivity index (χ3v) is 2.38. The molecule has 0 aromatic rings. The standard InChI is InChI=1S/C7H14N2O/c8-9-4-6-2-1-3-7(6)5-10/h6-8,10H,1-5H2. The average molecular weight is 142 g/mol. The lowest BCUT2D eigenvalue weighted by Crippen LogP contribution is -2.14. The highest BCUT2D eigenvalue weighted by molar-refractivity contribution is 4.77. The first kappa shape index (κ1) is 7.66. The maximum Gasteiger partial charge on any atom is 0.0628 e. The molecule has 3 heteroatoms. The van der Waals surface area contributed by atoms with Gasteiger partial charge >= 0.3 is 0 Å². The summed E-state index contributed by atoms with van der Waals surface area (Å²) >= 11 is 0. The largest absolute Gasteiger partial charge is 0.396 e. The molecule has 2 atom stereocenters. The lowest BCUT2D eigenvalue weighted by molar-refractivity contribution is 0.196. The normalized spacial score (nSPS) is 32.5. The summed E-state index contributed by atoms with van der Waals surface area (Å²) < 4.78 is 0. The minimum absolute atomic E-state index is 0.278. The molecule has 1 rings (SSSR count). The quantitative estimate of drug-likeness (QED) is 0.575. The van der Waals surface area contributed by atoms with Gasteiger partial charge in [-0.2, -0.15) is 5.11 Å². The molecule has 1 fully saturated rings. The van der Waals surface area contributed by atoms with Crippen molar-refractivity contribution in [3.05, 3.63) is 0 Å². The highest BCUT2D eigenvalue weighted by atomic mass is 16.3. The molecule has 3 nitrogen and oxygen atoms in total. The second-order valence-electron chi connectivity index (χ2n) is 2.97. The van der Waals surface area contributed by atoms with Crippen LogP contribution in [0.15, 0.2) is 5.11 Å². The number of aliphatic hydroxyl groups is 1. The molecule has 10 heavy (non-hydrogen) atoms. The molecule has 0 aliphatic heterocycles. The molecule has 0 heterocycles. The molecule has 1 aliphatic rings. The van der Waals surface area contributed by atoms with Crippen LogP contribution in [-0.4, -0.2) is 18.3 Å². The summed E-state index contributed by atoms with van der Waals surface area (Å²) in [5.74, 6) is 0.914. The molecule has 1 saturated carbocycles. The van der Waals surface area contributed by atoms with E-state index in [1.807, 2.05) is 0 Å². The minimum Gasteiger partial charge on any atom is -0.396 e. The number of rotatable bonds is 3. The van der Waals surface area contributed by atoms with E-state index in [1.165, 1.54) is 6.42 Å². The highest BCUT2D eigenvalue weighted by Gasteiger charge is 2.25. The van der Waals surface area contributed by atoms with Crippen molar-refractivity contribution in [2.45, 2.75) is 19.3 Å². The molecule has 0 saturated heterocycles. The molecule has 0 aromatic carbocycles. The zero-order valence-corrected chi connectivity index (χ0v) is 6.08. The van der Waals surface area contributed by atoms with Crippen LogP contribution in [0, 0.1) is 17.4 Å². The van der Waals surface area contributed by atoms with Crippen LogP contribution in [0.4, 0.5) is 0 Å². The molecule has 58 valence electrons. The van der Waals surface area contributed by atoms with E-state index in [0.717, 1.165) is 12.8 Å². The fourth-order valence-corrected chi connectivity index (χ4v) is 1.71. The van der Waals surface area contributed by atoms with Crippen molar-refractivity contribution in [1.82, 2.24) is 0 Å². The van der Waals surface area contributed by atoms with Crippen molar-refractivity contribution >= 4 is 0 Å². The second kappa shape index (κ2) is 3.66. The summed E-state index contributed by atoms with van der Waals surface area (Å²) in [5.41, 5.74) is 6.68. The van der Waals surface area contributed by atoms with Crippen molar-refractivity contribution in [2.75, 3.05) is 13.2 Å². The van der Waals surface area contributed by atoms with Crippen molar-refractivity contribution in [3.63, 3.8) is 0 Å². The van der Waals surface area contributed by atoms with Crippen LogP contribution in [0.25, 0.3) is 0 Å². The van der Waals surface area contributed by atoms with Crippen LogP contribution >= 0.6 is 0 Å². The van der Waals surface area contributed by atoms with Crippen LogP contribution in [0.2, 0.25) is 0 Å². The van der Waals surface area contributed by atoms with Gasteiger partial charge in [-0.05, 0) is 24.7 Å². The van der Waals surface area contributed by atoms with Crippen LogP contribution in [0.1, 0.15) is 19.3 Å². The predicted octanol–water partition coefficient (Wildman–Crippen LogP) is 1.43. The van der Waals surface area contributed by atoms with E-state index < -0.39 is 0 Å². The summed E-state index contributed by atoms with van der Waals surface area (Å²) in [6.45, 7) is 0.894. The number of nitrogens with one attached hydrogen (secondary N) is 1. The number of aliphatic hydroxyl groups excluding tert-OH is 1. The molecule has 1 aliphatic carbocycles. The van der Waals surface area contributed by atoms with Gasteiger partial charge in [-0.1, -0.05) is 6.42 Å². The van der Waals surface area contributed by atoms with E-state index in [1.54, 1.807) is 0 Å². The Labute approximate surface area is 61.0 Å². The van der Waals surface area contributed by atoms with Crippen LogP contribution in [0.3, 0.4) is 0 Å². The molecule has 2 N–H and O–H groups in total. The van der Waals surface area contributed by atoms with Gasteiger partial charge in [-0.15, -0.1) is 0 Å².